The third-order valence-electron chi connectivity index (χ3n) is 3.13. The lowest BCUT2D eigenvalue weighted by molar-refractivity contribution is -0.944. The normalized spacial score (nSPS) is 30.3. The van der Waals surface area contributed by atoms with Gasteiger partial charge in [0.15, 0.2) is 0 Å². The maximum Gasteiger partial charge on any atom is 0.108 e. The molecule has 1 rings (SSSR count). The van der Waals surface area contributed by atoms with E-state index in [1.54, 1.807) is 0 Å². The summed E-state index contributed by atoms with van der Waals surface area (Å²) in [6.07, 6.45) is 0. The van der Waals surface area contributed by atoms with Gasteiger partial charge in [0.05, 0.1) is 33.7 Å². The highest BCUT2D eigenvalue weighted by molar-refractivity contribution is 4.75. The van der Waals surface area contributed by atoms with Gasteiger partial charge in [-0.15, -0.1) is 0 Å². The molecule has 0 radical (unpaired) electrons. The summed E-state index contributed by atoms with van der Waals surface area (Å²) < 4.78 is 0.990. The van der Waals surface area contributed by atoms with Crippen LogP contribution >= 0.6 is 0 Å². The zero-order chi connectivity index (χ0) is 8.70. The zero-order valence-electron chi connectivity index (χ0n) is 7.96. The molecule has 1 fully saturated rings. The molecule has 0 aliphatic carbocycles. The summed E-state index contributed by atoms with van der Waals surface area (Å²) in [5, 5.41) is 10.7. The Hall–Kier alpha value is -0.120. The minimum atomic E-state index is 0.160. The molecule has 1 N–H and O–H groups in total. The zero-order valence-corrected chi connectivity index (χ0v) is 7.96. The van der Waals surface area contributed by atoms with Crippen molar-refractivity contribution in [3.63, 3.8) is 0 Å². The minimum absolute atomic E-state index is 0.160. The van der Waals surface area contributed by atoms with Crippen molar-refractivity contribution in [2.45, 2.75) is 19.4 Å². The van der Waals surface area contributed by atoms with Crippen LogP contribution in [0.4, 0.5) is 0 Å². The fraction of sp³-hybridized carbons (Fsp3) is 1.00. The number of quaternary nitrogens is 1. The largest absolute Gasteiger partial charge is 0.322 e. The highest BCUT2D eigenvalue weighted by atomic mass is 16.5. The first-order valence-corrected chi connectivity index (χ1v) is 4.12. The molecule has 1 heterocycles. The van der Waals surface area contributed by atoms with Crippen LogP contribution in [-0.4, -0.2) is 54.0 Å². The van der Waals surface area contributed by atoms with Gasteiger partial charge < -0.3 is 9.69 Å². The molecule has 0 atom stereocenters. The van der Waals surface area contributed by atoms with Gasteiger partial charge in [-0.3, -0.25) is 0 Å². The molecule has 3 nitrogen and oxygen atoms in total. The Bertz CT molecular complexity index is 154. The van der Waals surface area contributed by atoms with Crippen LogP contribution in [0.1, 0.15) is 13.8 Å². The number of piperazine rings is 1. The molecule has 1 aliphatic heterocycles. The molecule has 0 amide bonds. The van der Waals surface area contributed by atoms with E-state index in [9.17, 15) is 5.21 Å². The second-order valence-electron chi connectivity index (χ2n) is 4.61. The number of hydrogen-bond donors (Lipinski definition) is 1. The standard InChI is InChI=1S/C8H19N2O/c1-8(2)7-9(11)5-6-10(8,3)4/h11H,5-7H2,1-4H3/q+1. The minimum Gasteiger partial charge on any atom is -0.322 e. The average molecular weight is 159 g/mol. The van der Waals surface area contributed by atoms with Gasteiger partial charge in [0.2, 0.25) is 0 Å². The number of hydrogen-bond acceptors (Lipinski definition) is 2. The molecule has 0 aromatic rings. The van der Waals surface area contributed by atoms with Gasteiger partial charge in [0.25, 0.3) is 0 Å². The van der Waals surface area contributed by atoms with E-state index in [0.29, 0.717) is 0 Å². The number of rotatable bonds is 0. The van der Waals surface area contributed by atoms with Crippen LogP contribution < -0.4 is 0 Å². The summed E-state index contributed by atoms with van der Waals surface area (Å²) in [6.45, 7) is 6.95. The number of hydroxylamine groups is 2. The van der Waals surface area contributed by atoms with E-state index in [2.05, 4.69) is 27.9 Å². The molecule has 0 bridgehead atoms. The molecular formula is C8H19N2O+. The summed E-state index contributed by atoms with van der Waals surface area (Å²) in [5.41, 5.74) is 0.160. The molecule has 0 aromatic carbocycles. The Morgan fingerprint density at radius 3 is 2.27 bits per heavy atom. The van der Waals surface area contributed by atoms with Crippen molar-refractivity contribution < 1.29 is 9.69 Å². The van der Waals surface area contributed by atoms with Crippen LogP contribution in [0.5, 0.6) is 0 Å². The Kier molecular flexibility index (Phi) is 1.99. The van der Waals surface area contributed by atoms with Gasteiger partial charge >= 0.3 is 0 Å². The second-order valence-corrected chi connectivity index (χ2v) is 4.61. The highest BCUT2D eigenvalue weighted by Gasteiger charge is 2.41. The monoisotopic (exact) mass is 159 g/mol. The molecule has 66 valence electrons. The lowest BCUT2D eigenvalue weighted by Gasteiger charge is -2.49. The van der Waals surface area contributed by atoms with Gasteiger partial charge in [-0.25, -0.2) is 0 Å². The number of nitrogens with zero attached hydrogens (tertiary/aromatic N) is 2. The van der Waals surface area contributed by atoms with Gasteiger partial charge in [0.1, 0.15) is 5.54 Å². The topological polar surface area (TPSA) is 23.5 Å². The molecule has 1 aliphatic rings. The smallest absolute Gasteiger partial charge is 0.108 e. The highest BCUT2D eigenvalue weighted by Crippen LogP contribution is 2.24. The molecule has 1 saturated heterocycles. The quantitative estimate of drug-likeness (QED) is 0.522. The summed E-state index contributed by atoms with van der Waals surface area (Å²) in [5.74, 6) is 0. The van der Waals surface area contributed by atoms with Crippen LogP contribution in [0.2, 0.25) is 0 Å². The summed E-state index contributed by atoms with van der Waals surface area (Å²) >= 11 is 0. The lowest BCUT2D eigenvalue weighted by atomic mass is 9.98. The molecule has 0 unspecified atom stereocenters. The molecule has 11 heavy (non-hydrogen) atoms. The molecule has 3 heteroatoms. The fourth-order valence-electron chi connectivity index (χ4n) is 1.39. The Morgan fingerprint density at radius 2 is 1.91 bits per heavy atom. The van der Waals surface area contributed by atoms with Crippen molar-refractivity contribution in [3.8, 4) is 0 Å². The Balaban J connectivity index is 2.72. The predicted molar refractivity (Wildman–Crippen MR) is 44.4 cm³/mol. The summed E-state index contributed by atoms with van der Waals surface area (Å²) in [6, 6.07) is 0. The van der Waals surface area contributed by atoms with Crippen LogP contribution in [-0.2, 0) is 0 Å². The first-order valence-electron chi connectivity index (χ1n) is 4.12. The van der Waals surface area contributed by atoms with E-state index in [0.717, 1.165) is 24.1 Å². The van der Waals surface area contributed by atoms with Crippen LogP contribution in [0.15, 0.2) is 0 Å². The summed E-state index contributed by atoms with van der Waals surface area (Å²) in [7, 11) is 4.43. The molecule has 0 spiro atoms. The van der Waals surface area contributed by atoms with Crippen molar-refractivity contribution >= 4 is 0 Å². The van der Waals surface area contributed by atoms with Gasteiger partial charge in [-0.05, 0) is 13.8 Å². The molecular weight excluding hydrogens is 140 g/mol. The van der Waals surface area contributed by atoms with Crippen molar-refractivity contribution in [1.29, 1.82) is 0 Å². The van der Waals surface area contributed by atoms with Crippen molar-refractivity contribution in [3.05, 3.63) is 0 Å². The third kappa shape index (κ3) is 1.55. The summed E-state index contributed by atoms with van der Waals surface area (Å²) in [4.78, 5) is 0. The Morgan fingerprint density at radius 1 is 1.36 bits per heavy atom. The maximum atomic E-state index is 9.30. The molecule has 0 saturated carbocycles. The van der Waals surface area contributed by atoms with Crippen LogP contribution in [0.25, 0.3) is 0 Å². The molecule has 0 aromatic heterocycles. The van der Waals surface area contributed by atoms with Crippen molar-refractivity contribution in [2.24, 2.45) is 0 Å². The van der Waals surface area contributed by atoms with E-state index in [4.69, 9.17) is 0 Å². The van der Waals surface area contributed by atoms with E-state index in [-0.39, 0.29) is 5.54 Å². The van der Waals surface area contributed by atoms with E-state index >= 15 is 0 Å². The van der Waals surface area contributed by atoms with E-state index in [1.807, 2.05) is 0 Å². The van der Waals surface area contributed by atoms with Gasteiger partial charge in [0, 0.05) is 0 Å². The third-order valence-corrected chi connectivity index (χ3v) is 3.13. The van der Waals surface area contributed by atoms with Crippen LogP contribution in [0.3, 0.4) is 0 Å². The van der Waals surface area contributed by atoms with Crippen molar-refractivity contribution in [1.82, 2.24) is 5.06 Å². The first kappa shape index (κ1) is 8.97. The second kappa shape index (κ2) is 2.44. The fourth-order valence-corrected chi connectivity index (χ4v) is 1.39. The van der Waals surface area contributed by atoms with E-state index < -0.39 is 0 Å². The van der Waals surface area contributed by atoms with Crippen LogP contribution in [0, 0.1) is 0 Å². The average Bonchev–Trinajstić information content (AvgIpc) is 1.80. The SMILES string of the molecule is CC1(C)CN(O)CC[N+]1(C)C. The van der Waals surface area contributed by atoms with Crippen molar-refractivity contribution in [2.75, 3.05) is 33.7 Å². The van der Waals surface area contributed by atoms with Gasteiger partial charge in [-0.2, -0.15) is 5.06 Å². The lowest BCUT2D eigenvalue weighted by Crippen LogP contribution is -2.66. The van der Waals surface area contributed by atoms with E-state index in [1.165, 1.54) is 5.06 Å². The maximum absolute atomic E-state index is 9.30. The predicted octanol–water partition coefficient (Wildman–Crippen LogP) is 0.546. The number of likely N-dealkylation sites (N-methyl/N-ethyl adjacent to an activating group) is 1. The van der Waals surface area contributed by atoms with Gasteiger partial charge in [-0.1, -0.05) is 0 Å². The Labute approximate surface area is 68.8 Å². The first-order chi connectivity index (χ1) is 4.85.